The van der Waals surface area contributed by atoms with Gasteiger partial charge in [-0.15, -0.1) is 0 Å². The van der Waals surface area contributed by atoms with E-state index in [9.17, 15) is 13.2 Å². The van der Waals surface area contributed by atoms with Gasteiger partial charge in [-0.05, 0) is 24.3 Å². The van der Waals surface area contributed by atoms with Crippen molar-refractivity contribution in [1.29, 1.82) is 0 Å². The lowest BCUT2D eigenvalue weighted by Crippen LogP contribution is -2.39. The van der Waals surface area contributed by atoms with Crippen LogP contribution in [-0.4, -0.2) is 52.5 Å². The molecule has 140 valence electrons. The monoisotopic (exact) mass is 378 g/mol. The molecule has 0 aromatic heterocycles. The van der Waals surface area contributed by atoms with Crippen molar-refractivity contribution in [3.8, 4) is 11.5 Å². The van der Waals surface area contributed by atoms with Crippen molar-refractivity contribution in [1.82, 2.24) is 9.62 Å². The van der Waals surface area contributed by atoms with Gasteiger partial charge in [-0.3, -0.25) is 4.79 Å². The third-order valence-electron chi connectivity index (χ3n) is 3.55. The van der Waals surface area contributed by atoms with Crippen LogP contribution in [0.4, 0.5) is 0 Å². The average Bonchev–Trinajstić information content (AvgIpc) is 2.66. The van der Waals surface area contributed by atoms with Gasteiger partial charge in [-0.2, -0.15) is 4.31 Å². The van der Waals surface area contributed by atoms with Crippen LogP contribution in [0, 0.1) is 0 Å². The van der Waals surface area contributed by atoms with Crippen LogP contribution in [0.2, 0.25) is 0 Å². The fourth-order valence-corrected chi connectivity index (χ4v) is 3.31. The highest BCUT2D eigenvalue weighted by atomic mass is 32.2. The number of carbonyl (C=O) groups is 1. The molecule has 0 saturated carbocycles. The fraction of sp³-hybridized carbons (Fsp3) is 0.278. The molecule has 26 heavy (non-hydrogen) atoms. The molecule has 0 unspecified atom stereocenters. The number of amides is 1. The fourth-order valence-electron chi connectivity index (χ4n) is 2.17. The zero-order chi connectivity index (χ0) is 19.0. The van der Waals surface area contributed by atoms with Gasteiger partial charge in [0.15, 0.2) is 0 Å². The summed E-state index contributed by atoms with van der Waals surface area (Å²) < 4.78 is 36.3. The zero-order valence-electron chi connectivity index (χ0n) is 14.7. The molecule has 0 bridgehead atoms. The molecular formula is C18H22N2O5S. The largest absolute Gasteiger partial charge is 0.497 e. The van der Waals surface area contributed by atoms with Crippen molar-refractivity contribution in [3.05, 3.63) is 54.6 Å². The highest BCUT2D eigenvalue weighted by molar-refractivity contribution is 7.89. The third kappa shape index (κ3) is 5.47. The number of carbonyl (C=O) groups excluding carboxylic acids is 1. The van der Waals surface area contributed by atoms with Crippen molar-refractivity contribution in [2.24, 2.45) is 0 Å². The Morgan fingerprint density at radius 2 is 1.77 bits per heavy atom. The molecule has 0 aliphatic rings. The Kier molecular flexibility index (Phi) is 6.99. The van der Waals surface area contributed by atoms with Crippen molar-refractivity contribution < 1.29 is 22.7 Å². The van der Waals surface area contributed by atoms with E-state index in [1.54, 1.807) is 49.6 Å². The molecule has 0 spiro atoms. The van der Waals surface area contributed by atoms with Crippen molar-refractivity contribution in [3.63, 3.8) is 0 Å². The van der Waals surface area contributed by atoms with E-state index in [4.69, 9.17) is 9.47 Å². The van der Waals surface area contributed by atoms with Crippen LogP contribution in [0.5, 0.6) is 11.5 Å². The molecule has 8 heteroatoms. The summed E-state index contributed by atoms with van der Waals surface area (Å²) in [4.78, 5) is 12.1. The highest BCUT2D eigenvalue weighted by Gasteiger charge is 2.22. The summed E-state index contributed by atoms with van der Waals surface area (Å²) in [6.45, 7) is 0.250. The molecule has 0 fully saturated rings. The summed E-state index contributed by atoms with van der Waals surface area (Å²) in [5.41, 5.74) is 0. The van der Waals surface area contributed by atoms with E-state index in [2.05, 4.69) is 5.32 Å². The first kappa shape index (κ1) is 19.7. The van der Waals surface area contributed by atoms with Gasteiger partial charge in [-0.25, -0.2) is 8.42 Å². The topological polar surface area (TPSA) is 84.9 Å². The quantitative estimate of drug-likeness (QED) is 0.669. The van der Waals surface area contributed by atoms with Gasteiger partial charge in [-0.1, -0.05) is 24.3 Å². The van der Waals surface area contributed by atoms with E-state index in [1.165, 1.54) is 19.2 Å². The maximum Gasteiger partial charge on any atom is 0.243 e. The molecule has 7 nitrogen and oxygen atoms in total. The molecule has 0 aliphatic heterocycles. The van der Waals surface area contributed by atoms with E-state index in [-0.39, 0.29) is 24.6 Å². The van der Waals surface area contributed by atoms with Gasteiger partial charge in [0.2, 0.25) is 15.9 Å². The number of nitrogens with zero attached hydrogens (tertiary/aromatic N) is 1. The molecule has 0 aliphatic carbocycles. The van der Waals surface area contributed by atoms with Crippen LogP contribution < -0.4 is 14.8 Å². The number of ether oxygens (including phenoxy) is 2. The molecule has 2 aromatic carbocycles. The van der Waals surface area contributed by atoms with Gasteiger partial charge in [0.1, 0.15) is 18.1 Å². The van der Waals surface area contributed by atoms with Crippen LogP contribution in [0.15, 0.2) is 59.5 Å². The van der Waals surface area contributed by atoms with Crippen LogP contribution in [-0.2, 0) is 14.8 Å². The van der Waals surface area contributed by atoms with Crippen LogP contribution in [0.1, 0.15) is 0 Å². The lowest BCUT2D eigenvalue weighted by atomic mass is 10.3. The summed E-state index contributed by atoms with van der Waals surface area (Å²) in [5.74, 6) is 0.905. The summed E-state index contributed by atoms with van der Waals surface area (Å²) in [6.07, 6.45) is 0. The molecule has 0 heterocycles. The molecular weight excluding hydrogens is 356 g/mol. The second-order valence-electron chi connectivity index (χ2n) is 5.45. The Morgan fingerprint density at radius 1 is 1.08 bits per heavy atom. The Balaban J connectivity index is 1.78. The van der Waals surface area contributed by atoms with Gasteiger partial charge in [0.05, 0.1) is 25.1 Å². The predicted molar refractivity (Wildman–Crippen MR) is 97.8 cm³/mol. The maximum atomic E-state index is 12.4. The number of methoxy groups -OCH3 is 1. The average molecular weight is 378 g/mol. The minimum absolute atomic E-state index is 0.150. The second-order valence-corrected chi connectivity index (χ2v) is 7.50. The smallest absolute Gasteiger partial charge is 0.243 e. The second kappa shape index (κ2) is 9.21. The van der Waals surface area contributed by atoms with Crippen LogP contribution in [0.3, 0.4) is 0 Å². The summed E-state index contributed by atoms with van der Waals surface area (Å²) in [5, 5.41) is 2.63. The number of nitrogens with one attached hydrogen (secondary N) is 1. The minimum atomic E-state index is -3.69. The summed E-state index contributed by atoms with van der Waals surface area (Å²) in [6, 6.07) is 15.1. The standard InChI is InChI=1S/C18H22N2O5S/c1-20(26(22,23)17-9-4-3-5-10-17)14-18(21)19-11-12-25-16-8-6-7-15(13-16)24-2/h3-10,13H,11-12,14H2,1-2H3,(H,19,21). The van der Waals surface area contributed by atoms with Gasteiger partial charge >= 0.3 is 0 Å². The normalized spacial score (nSPS) is 11.2. The van der Waals surface area contributed by atoms with Crippen molar-refractivity contribution in [2.75, 3.05) is 33.9 Å². The Hall–Kier alpha value is -2.58. The van der Waals surface area contributed by atoms with E-state index in [1.807, 2.05) is 0 Å². The predicted octanol–water partition coefficient (Wildman–Crippen LogP) is 1.51. The van der Waals surface area contributed by atoms with Crippen LogP contribution in [0.25, 0.3) is 0 Å². The van der Waals surface area contributed by atoms with Gasteiger partial charge in [0, 0.05) is 13.1 Å². The summed E-state index contributed by atoms with van der Waals surface area (Å²) >= 11 is 0. The number of hydrogen-bond donors (Lipinski definition) is 1. The first-order valence-electron chi connectivity index (χ1n) is 7.98. The van der Waals surface area contributed by atoms with Gasteiger partial charge in [0.25, 0.3) is 0 Å². The van der Waals surface area contributed by atoms with Gasteiger partial charge < -0.3 is 14.8 Å². The Morgan fingerprint density at radius 3 is 2.46 bits per heavy atom. The number of sulfonamides is 1. The van der Waals surface area contributed by atoms with E-state index >= 15 is 0 Å². The first-order valence-corrected chi connectivity index (χ1v) is 9.42. The van der Waals surface area contributed by atoms with E-state index in [0.717, 1.165) is 4.31 Å². The number of benzene rings is 2. The van der Waals surface area contributed by atoms with Crippen molar-refractivity contribution >= 4 is 15.9 Å². The number of rotatable bonds is 9. The molecule has 0 saturated heterocycles. The molecule has 1 amide bonds. The maximum absolute atomic E-state index is 12.4. The Labute approximate surface area is 153 Å². The van der Waals surface area contributed by atoms with Crippen LogP contribution >= 0.6 is 0 Å². The van der Waals surface area contributed by atoms with E-state index < -0.39 is 15.9 Å². The molecule has 0 radical (unpaired) electrons. The first-order chi connectivity index (χ1) is 12.4. The van der Waals surface area contributed by atoms with E-state index in [0.29, 0.717) is 11.5 Å². The third-order valence-corrected chi connectivity index (χ3v) is 5.37. The number of hydrogen-bond acceptors (Lipinski definition) is 5. The summed E-state index contributed by atoms with van der Waals surface area (Å²) in [7, 11) is -0.749. The SMILES string of the molecule is COc1cccc(OCCNC(=O)CN(C)S(=O)(=O)c2ccccc2)c1. The van der Waals surface area contributed by atoms with Crippen molar-refractivity contribution in [2.45, 2.75) is 4.90 Å². The molecule has 0 atom stereocenters. The Bertz CT molecular complexity index is 824. The molecule has 2 aromatic rings. The molecule has 1 N–H and O–H groups in total. The number of likely N-dealkylation sites (N-methyl/N-ethyl adjacent to an activating group) is 1. The zero-order valence-corrected chi connectivity index (χ0v) is 15.5. The molecule has 2 rings (SSSR count). The lowest BCUT2D eigenvalue weighted by Gasteiger charge is -2.17. The lowest BCUT2D eigenvalue weighted by molar-refractivity contribution is -0.121. The minimum Gasteiger partial charge on any atom is -0.497 e. The highest BCUT2D eigenvalue weighted by Crippen LogP contribution is 2.18.